The van der Waals surface area contributed by atoms with Crippen LogP contribution in [0.1, 0.15) is 38.3 Å². The molecule has 2 heterocycles. The molecule has 0 saturated heterocycles. The number of hydrogen-bond acceptors (Lipinski definition) is 2. The van der Waals surface area contributed by atoms with Crippen LogP contribution in [0.5, 0.6) is 0 Å². The minimum absolute atomic E-state index is 0.386. The molecule has 0 bridgehead atoms. The van der Waals surface area contributed by atoms with Crippen molar-refractivity contribution in [2.45, 2.75) is 38.8 Å². The quantitative estimate of drug-likeness (QED) is 0.796. The average Bonchev–Trinajstić information content (AvgIpc) is 2.64. The molecule has 0 radical (unpaired) electrons. The van der Waals surface area contributed by atoms with Crippen molar-refractivity contribution in [3.8, 4) is 0 Å². The second-order valence-corrected chi connectivity index (χ2v) is 7.49. The van der Waals surface area contributed by atoms with Gasteiger partial charge in [-0.2, -0.15) is 0 Å². The Morgan fingerprint density at radius 2 is 1.88 bits per heavy atom. The molecule has 4 rings (SSSR count). The Labute approximate surface area is 148 Å². The van der Waals surface area contributed by atoms with Crippen molar-refractivity contribution in [1.29, 1.82) is 0 Å². The van der Waals surface area contributed by atoms with Gasteiger partial charge in [-0.1, -0.05) is 69.3 Å². The minimum Gasteiger partial charge on any atom is -0.341 e. The third-order valence-electron chi connectivity index (χ3n) is 5.65. The summed E-state index contributed by atoms with van der Waals surface area (Å²) in [5.41, 5.74) is 3.05. The van der Waals surface area contributed by atoms with E-state index in [0.29, 0.717) is 5.70 Å². The molecule has 0 spiro atoms. The number of anilines is 1. The Kier molecular flexibility index (Phi) is 3.57. The number of hydrogen-bond donors (Lipinski definition) is 1. The van der Waals surface area contributed by atoms with Crippen LogP contribution in [0.25, 0.3) is 0 Å². The monoisotopic (exact) mass is 334 g/mol. The van der Waals surface area contributed by atoms with Crippen molar-refractivity contribution < 1.29 is 4.39 Å². The normalized spacial score (nSPS) is 26.6. The van der Waals surface area contributed by atoms with Crippen LogP contribution < -0.4 is 5.32 Å². The van der Waals surface area contributed by atoms with Gasteiger partial charge in [0.2, 0.25) is 0 Å². The van der Waals surface area contributed by atoms with E-state index in [9.17, 15) is 0 Å². The number of halogens is 1. The summed E-state index contributed by atoms with van der Waals surface area (Å²) in [6, 6.07) is 14.5. The number of fused-ring (bicyclic) bond motifs is 1. The predicted molar refractivity (Wildman–Crippen MR) is 100 cm³/mol. The van der Waals surface area contributed by atoms with Crippen LogP contribution in [0.15, 0.2) is 72.1 Å². The summed E-state index contributed by atoms with van der Waals surface area (Å²) < 4.78 is 15.4. The van der Waals surface area contributed by atoms with Crippen molar-refractivity contribution in [2.24, 2.45) is 5.41 Å². The van der Waals surface area contributed by atoms with E-state index in [1.807, 2.05) is 32.1 Å². The molecule has 3 heteroatoms. The van der Waals surface area contributed by atoms with Gasteiger partial charge in [-0.15, -0.1) is 0 Å². The van der Waals surface area contributed by atoms with Gasteiger partial charge in [0.05, 0.1) is 11.1 Å². The highest BCUT2D eigenvalue weighted by Crippen LogP contribution is 2.53. The molecule has 0 amide bonds. The van der Waals surface area contributed by atoms with Crippen molar-refractivity contribution in [2.75, 3.05) is 5.32 Å². The van der Waals surface area contributed by atoms with Crippen LogP contribution >= 0.6 is 0 Å². The zero-order chi connectivity index (χ0) is 17.7. The minimum atomic E-state index is -1.09. The molecule has 2 aromatic rings. The zero-order valence-electron chi connectivity index (χ0n) is 14.9. The maximum absolute atomic E-state index is 15.4. The maximum Gasteiger partial charge on any atom is 0.149 e. The highest BCUT2D eigenvalue weighted by atomic mass is 19.1. The largest absolute Gasteiger partial charge is 0.341 e. The van der Waals surface area contributed by atoms with E-state index in [0.717, 1.165) is 23.4 Å². The van der Waals surface area contributed by atoms with Crippen LogP contribution in [0.4, 0.5) is 10.2 Å². The van der Waals surface area contributed by atoms with Gasteiger partial charge in [0.25, 0.3) is 0 Å². The lowest BCUT2D eigenvalue weighted by Gasteiger charge is -2.45. The van der Waals surface area contributed by atoms with Crippen molar-refractivity contribution >= 4 is 5.82 Å². The van der Waals surface area contributed by atoms with Crippen LogP contribution in [-0.2, 0) is 5.41 Å². The number of alkyl halides is 1. The number of benzene rings is 1. The highest BCUT2D eigenvalue weighted by molar-refractivity contribution is 5.69. The molecule has 2 aliphatic rings. The lowest BCUT2D eigenvalue weighted by atomic mass is 9.62. The molecule has 2 atom stereocenters. The molecule has 0 saturated carbocycles. The van der Waals surface area contributed by atoms with E-state index >= 15 is 4.39 Å². The van der Waals surface area contributed by atoms with Gasteiger partial charge in [0.1, 0.15) is 12.0 Å². The predicted octanol–water partition coefficient (Wildman–Crippen LogP) is 5.39. The van der Waals surface area contributed by atoms with Gasteiger partial charge < -0.3 is 5.32 Å². The summed E-state index contributed by atoms with van der Waals surface area (Å²) in [5.74, 6) is 0.765. The fraction of sp³-hybridized carbons (Fsp3) is 0.318. The van der Waals surface area contributed by atoms with Crippen LogP contribution in [0.2, 0.25) is 0 Å². The number of aromatic nitrogens is 1. The second-order valence-electron chi connectivity index (χ2n) is 7.49. The first-order valence-electron chi connectivity index (χ1n) is 8.86. The SMILES string of the molecule is CC[C@@]1(c2ccccc2)C2=C(Nc3ncccc31)[C@H](F)C(C)(C)C=C2. The van der Waals surface area contributed by atoms with Gasteiger partial charge in [-0.3, -0.25) is 0 Å². The fourth-order valence-corrected chi connectivity index (χ4v) is 4.22. The molecule has 1 aromatic carbocycles. The molecule has 2 nitrogen and oxygen atoms in total. The van der Waals surface area contributed by atoms with E-state index in [4.69, 9.17) is 0 Å². The Morgan fingerprint density at radius 1 is 1.12 bits per heavy atom. The number of nitrogens with one attached hydrogen (secondary N) is 1. The Balaban J connectivity index is 2.05. The van der Waals surface area contributed by atoms with Crippen molar-refractivity contribution in [3.63, 3.8) is 0 Å². The summed E-state index contributed by atoms with van der Waals surface area (Å²) in [6.07, 6.45) is 5.64. The number of pyridine rings is 1. The molecular formula is C22H23FN2. The summed E-state index contributed by atoms with van der Waals surface area (Å²) in [4.78, 5) is 4.53. The molecule has 1 aliphatic carbocycles. The van der Waals surface area contributed by atoms with E-state index in [1.54, 1.807) is 6.20 Å². The second kappa shape index (κ2) is 5.55. The van der Waals surface area contributed by atoms with E-state index in [1.165, 1.54) is 5.56 Å². The Hall–Kier alpha value is -2.42. The first-order chi connectivity index (χ1) is 12.0. The summed E-state index contributed by atoms with van der Waals surface area (Å²) in [7, 11) is 0. The van der Waals surface area contributed by atoms with Crippen molar-refractivity contribution in [1.82, 2.24) is 4.98 Å². The molecule has 1 N–H and O–H groups in total. The Bertz CT molecular complexity index is 867. The molecule has 0 fully saturated rings. The summed E-state index contributed by atoms with van der Waals surface area (Å²) in [6.45, 7) is 6.04. The molecular weight excluding hydrogens is 311 g/mol. The van der Waals surface area contributed by atoms with Crippen molar-refractivity contribution in [3.05, 3.63) is 83.2 Å². The lowest BCUT2D eigenvalue weighted by molar-refractivity contribution is 0.221. The molecule has 0 unspecified atom stereocenters. The van der Waals surface area contributed by atoms with Gasteiger partial charge >= 0.3 is 0 Å². The number of allylic oxidation sites excluding steroid dienone is 4. The lowest BCUT2D eigenvalue weighted by Crippen LogP contribution is -2.42. The van der Waals surface area contributed by atoms with Crippen LogP contribution in [0, 0.1) is 5.41 Å². The third-order valence-corrected chi connectivity index (χ3v) is 5.65. The first-order valence-corrected chi connectivity index (χ1v) is 8.86. The van der Waals surface area contributed by atoms with Gasteiger partial charge in [-0.05, 0) is 23.6 Å². The van der Waals surface area contributed by atoms with E-state index in [2.05, 4.69) is 53.6 Å². The smallest absolute Gasteiger partial charge is 0.149 e. The standard InChI is InChI=1S/C22H23FN2/c1-4-22(15-9-6-5-7-10-15)16-12-13-21(2,3)19(23)18(16)25-20-17(22)11-8-14-24-20/h5-14,19H,4H2,1-3H3,(H,24,25)/t19-,22+/m0/s1. The van der Waals surface area contributed by atoms with Crippen LogP contribution in [-0.4, -0.2) is 11.2 Å². The van der Waals surface area contributed by atoms with Gasteiger partial charge in [0.15, 0.2) is 0 Å². The highest BCUT2D eigenvalue weighted by Gasteiger charge is 2.47. The molecule has 1 aromatic heterocycles. The van der Waals surface area contributed by atoms with Crippen LogP contribution in [0.3, 0.4) is 0 Å². The Morgan fingerprint density at radius 3 is 2.60 bits per heavy atom. The summed E-state index contributed by atoms with van der Waals surface area (Å²) in [5, 5.41) is 3.31. The van der Waals surface area contributed by atoms with E-state index < -0.39 is 11.6 Å². The number of nitrogens with zero attached hydrogens (tertiary/aromatic N) is 1. The van der Waals surface area contributed by atoms with Gasteiger partial charge in [-0.25, -0.2) is 9.37 Å². The first kappa shape index (κ1) is 16.1. The molecule has 1 aliphatic heterocycles. The average molecular weight is 334 g/mol. The maximum atomic E-state index is 15.4. The summed E-state index contributed by atoms with van der Waals surface area (Å²) >= 11 is 0. The zero-order valence-corrected chi connectivity index (χ0v) is 14.9. The fourth-order valence-electron chi connectivity index (χ4n) is 4.22. The number of rotatable bonds is 2. The third kappa shape index (κ3) is 2.18. The van der Waals surface area contributed by atoms with E-state index in [-0.39, 0.29) is 5.41 Å². The topological polar surface area (TPSA) is 24.9 Å². The molecule has 128 valence electrons. The molecule has 25 heavy (non-hydrogen) atoms. The van der Waals surface area contributed by atoms with Gasteiger partial charge in [0, 0.05) is 17.2 Å².